The molecule has 3 rings (SSSR count). The number of carbonyl (C=O) groups is 2. The molecule has 0 saturated carbocycles. The van der Waals surface area contributed by atoms with E-state index < -0.39 is 6.04 Å². The van der Waals surface area contributed by atoms with Crippen molar-refractivity contribution in [2.75, 3.05) is 13.7 Å². The van der Waals surface area contributed by atoms with E-state index in [2.05, 4.69) is 10.3 Å². The number of methoxy groups -OCH3 is 1. The van der Waals surface area contributed by atoms with Crippen LogP contribution in [-0.2, 0) is 22.7 Å². The van der Waals surface area contributed by atoms with Gasteiger partial charge >= 0.3 is 0 Å². The van der Waals surface area contributed by atoms with E-state index in [1.54, 1.807) is 32.4 Å². The summed E-state index contributed by atoms with van der Waals surface area (Å²) in [6, 6.07) is 21.3. The Bertz CT molecular complexity index is 995. The Hall–Kier alpha value is -3.87. The molecule has 0 fully saturated rings. The molecular formula is C25H27N3O4. The number of para-hydroxylation sites is 1. The van der Waals surface area contributed by atoms with Crippen LogP contribution in [0.15, 0.2) is 79.0 Å². The molecule has 7 heteroatoms. The number of ether oxygens (including phenoxy) is 2. The number of nitrogens with zero attached hydrogens (tertiary/aromatic N) is 2. The highest BCUT2D eigenvalue weighted by Crippen LogP contribution is 2.16. The SMILES string of the molecule is COc1ccc(CN(C(=O)COc2ccccc2)[C@@H](C)C(=O)NCc2ccccn2)cc1. The van der Waals surface area contributed by atoms with E-state index in [1.165, 1.54) is 4.90 Å². The van der Waals surface area contributed by atoms with E-state index in [0.717, 1.165) is 17.0 Å². The van der Waals surface area contributed by atoms with E-state index in [1.807, 2.05) is 60.7 Å². The number of amides is 2. The molecule has 0 aliphatic rings. The van der Waals surface area contributed by atoms with Crippen LogP contribution in [0.25, 0.3) is 0 Å². The van der Waals surface area contributed by atoms with E-state index >= 15 is 0 Å². The highest BCUT2D eigenvalue weighted by atomic mass is 16.5. The topological polar surface area (TPSA) is 80.8 Å². The number of hydrogen-bond acceptors (Lipinski definition) is 5. The van der Waals surface area contributed by atoms with Crippen molar-refractivity contribution in [2.45, 2.75) is 26.1 Å². The minimum Gasteiger partial charge on any atom is -0.497 e. The molecule has 0 unspecified atom stereocenters. The van der Waals surface area contributed by atoms with Crippen LogP contribution < -0.4 is 14.8 Å². The van der Waals surface area contributed by atoms with Gasteiger partial charge in [0.2, 0.25) is 5.91 Å². The third-order valence-corrected chi connectivity index (χ3v) is 4.95. The first-order valence-corrected chi connectivity index (χ1v) is 10.3. The molecule has 0 aliphatic carbocycles. The van der Waals surface area contributed by atoms with E-state index in [0.29, 0.717) is 5.75 Å². The number of pyridine rings is 1. The van der Waals surface area contributed by atoms with Crippen molar-refractivity contribution in [3.63, 3.8) is 0 Å². The highest BCUT2D eigenvalue weighted by Gasteiger charge is 2.26. The van der Waals surface area contributed by atoms with Gasteiger partial charge < -0.3 is 19.7 Å². The van der Waals surface area contributed by atoms with E-state index in [9.17, 15) is 9.59 Å². The van der Waals surface area contributed by atoms with Crippen LogP contribution >= 0.6 is 0 Å². The van der Waals surface area contributed by atoms with Gasteiger partial charge in [-0.15, -0.1) is 0 Å². The van der Waals surface area contributed by atoms with Gasteiger partial charge in [0.25, 0.3) is 5.91 Å². The Morgan fingerprint density at radius 1 is 0.969 bits per heavy atom. The molecule has 0 saturated heterocycles. The van der Waals surface area contributed by atoms with Crippen LogP contribution in [-0.4, -0.2) is 41.5 Å². The minimum atomic E-state index is -0.701. The number of hydrogen-bond donors (Lipinski definition) is 1. The molecule has 0 bridgehead atoms. The number of aromatic nitrogens is 1. The highest BCUT2D eigenvalue weighted by molar-refractivity contribution is 5.87. The molecule has 2 aromatic carbocycles. The lowest BCUT2D eigenvalue weighted by molar-refractivity contribution is -0.142. The third-order valence-electron chi connectivity index (χ3n) is 4.95. The van der Waals surface area contributed by atoms with E-state index in [-0.39, 0.29) is 31.5 Å². The summed E-state index contributed by atoms with van der Waals surface area (Å²) in [4.78, 5) is 31.6. The van der Waals surface area contributed by atoms with Gasteiger partial charge in [0.1, 0.15) is 17.5 Å². The average Bonchev–Trinajstić information content (AvgIpc) is 2.85. The molecule has 2 amide bonds. The summed E-state index contributed by atoms with van der Waals surface area (Å²) in [6.45, 7) is 2.09. The largest absolute Gasteiger partial charge is 0.497 e. The first-order valence-electron chi connectivity index (χ1n) is 10.3. The standard InChI is InChI=1S/C25H27N3O4/c1-19(25(30)27-16-21-8-6-7-15-26-21)28(17-20-11-13-22(31-2)14-12-20)24(29)18-32-23-9-4-3-5-10-23/h3-15,19H,16-18H2,1-2H3,(H,27,30)/t19-/m0/s1. The maximum atomic E-state index is 13.0. The Balaban J connectivity index is 1.69. The van der Waals surface area contributed by atoms with Crippen molar-refractivity contribution < 1.29 is 19.1 Å². The van der Waals surface area contributed by atoms with Crippen LogP contribution in [0.1, 0.15) is 18.2 Å². The quantitative estimate of drug-likeness (QED) is 0.531. The molecule has 7 nitrogen and oxygen atoms in total. The van der Waals surface area contributed by atoms with Crippen molar-refractivity contribution >= 4 is 11.8 Å². The molecule has 166 valence electrons. The normalized spacial score (nSPS) is 11.3. The summed E-state index contributed by atoms with van der Waals surface area (Å²) >= 11 is 0. The maximum Gasteiger partial charge on any atom is 0.261 e. The van der Waals surface area contributed by atoms with Gasteiger partial charge in [-0.3, -0.25) is 14.6 Å². The van der Waals surface area contributed by atoms with Crippen molar-refractivity contribution in [3.05, 3.63) is 90.3 Å². The van der Waals surface area contributed by atoms with Crippen LogP contribution in [0.4, 0.5) is 0 Å². The molecule has 3 aromatic rings. The number of carbonyl (C=O) groups excluding carboxylic acids is 2. The first-order chi connectivity index (χ1) is 15.6. The zero-order valence-electron chi connectivity index (χ0n) is 18.2. The zero-order valence-corrected chi connectivity index (χ0v) is 18.2. The molecule has 0 spiro atoms. The molecule has 1 N–H and O–H groups in total. The van der Waals surface area contributed by atoms with Crippen LogP contribution in [0.2, 0.25) is 0 Å². The van der Waals surface area contributed by atoms with Crippen molar-refractivity contribution in [2.24, 2.45) is 0 Å². The van der Waals surface area contributed by atoms with Gasteiger partial charge in [0, 0.05) is 12.7 Å². The monoisotopic (exact) mass is 433 g/mol. The lowest BCUT2D eigenvalue weighted by atomic mass is 10.1. The van der Waals surface area contributed by atoms with Gasteiger partial charge in [-0.1, -0.05) is 36.4 Å². The maximum absolute atomic E-state index is 13.0. The van der Waals surface area contributed by atoms with Crippen molar-refractivity contribution in [1.29, 1.82) is 0 Å². The minimum absolute atomic E-state index is 0.169. The summed E-state index contributed by atoms with van der Waals surface area (Å²) in [5, 5.41) is 2.86. The zero-order chi connectivity index (χ0) is 22.8. The number of nitrogens with one attached hydrogen (secondary N) is 1. The molecular weight excluding hydrogens is 406 g/mol. The molecule has 1 heterocycles. The van der Waals surface area contributed by atoms with Gasteiger partial charge in [0.05, 0.1) is 19.3 Å². The predicted octanol–water partition coefficient (Wildman–Crippen LogP) is 3.20. The second-order valence-corrected chi connectivity index (χ2v) is 7.19. The second kappa shape index (κ2) is 11.5. The smallest absolute Gasteiger partial charge is 0.261 e. The third kappa shape index (κ3) is 6.57. The van der Waals surface area contributed by atoms with Crippen molar-refractivity contribution in [3.8, 4) is 11.5 Å². The molecule has 0 aliphatic heterocycles. The lowest BCUT2D eigenvalue weighted by Gasteiger charge is -2.28. The molecule has 0 radical (unpaired) electrons. The average molecular weight is 434 g/mol. The Labute approximate surface area is 188 Å². The number of rotatable bonds is 10. The fourth-order valence-corrected chi connectivity index (χ4v) is 3.08. The predicted molar refractivity (Wildman–Crippen MR) is 121 cm³/mol. The van der Waals surface area contributed by atoms with Gasteiger partial charge in [-0.2, -0.15) is 0 Å². The molecule has 1 atom stereocenters. The first kappa shape index (κ1) is 22.8. The summed E-state index contributed by atoms with van der Waals surface area (Å²) in [5.41, 5.74) is 1.62. The van der Waals surface area contributed by atoms with Crippen molar-refractivity contribution in [1.82, 2.24) is 15.2 Å². The summed E-state index contributed by atoms with van der Waals surface area (Å²) in [6.07, 6.45) is 1.67. The fourth-order valence-electron chi connectivity index (χ4n) is 3.08. The second-order valence-electron chi connectivity index (χ2n) is 7.19. The summed E-state index contributed by atoms with van der Waals surface area (Å²) < 4.78 is 10.8. The van der Waals surface area contributed by atoms with Crippen LogP contribution in [0.5, 0.6) is 11.5 Å². The fraction of sp³-hybridized carbons (Fsp3) is 0.240. The Kier molecular flexibility index (Phi) is 8.20. The van der Waals surface area contributed by atoms with Gasteiger partial charge in [0.15, 0.2) is 6.61 Å². The Morgan fingerprint density at radius 2 is 1.69 bits per heavy atom. The van der Waals surface area contributed by atoms with E-state index in [4.69, 9.17) is 9.47 Å². The molecule has 1 aromatic heterocycles. The van der Waals surface area contributed by atoms with Crippen LogP contribution in [0.3, 0.4) is 0 Å². The van der Waals surface area contributed by atoms with Crippen LogP contribution in [0, 0.1) is 0 Å². The van der Waals surface area contributed by atoms with Gasteiger partial charge in [-0.05, 0) is 48.9 Å². The molecule has 32 heavy (non-hydrogen) atoms. The Morgan fingerprint density at radius 3 is 2.34 bits per heavy atom. The number of benzene rings is 2. The van der Waals surface area contributed by atoms with Gasteiger partial charge in [-0.25, -0.2) is 0 Å². The summed E-state index contributed by atoms with van der Waals surface area (Å²) in [5.74, 6) is 0.764. The summed E-state index contributed by atoms with van der Waals surface area (Å²) in [7, 11) is 1.60. The lowest BCUT2D eigenvalue weighted by Crippen LogP contribution is -2.48.